The fourth-order valence-electron chi connectivity index (χ4n) is 3.21. The summed E-state index contributed by atoms with van der Waals surface area (Å²) in [6.07, 6.45) is 0. The van der Waals surface area contributed by atoms with Crippen molar-refractivity contribution in [2.24, 2.45) is 0 Å². The number of sulfone groups is 2. The summed E-state index contributed by atoms with van der Waals surface area (Å²) >= 11 is 0. The largest absolute Gasteiger partial charge is 0.504 e. The smallest absolute Gasteiger partial charge is 0.359 e. The first-order valence-corrected chi connectivity index (χ1v) is 11.2. The van der Waals surface area contributed by atoms with Gasteiger partial charge in [0.2, 0.25) is 0 Å². The van der Waals surface area contributed by atoms with Gasteiger partial charge in [0.05, 0.1) is 9.79 Å². The van der Waals surface area contributed by atoms with Crippen LogP contribution in [0.3, 0.4) is 0 Å². The zero-order valence-electron chi connectivity index (χ0n) is 16.2. The molecule has 0 unspecified atom stereocenters. The Morgan fingerprint density at radius 3 is 1.89 bits per heavy atom. The van der Waals surface area contributed by atoms with E-state index in [4.69, 9.17) is 0 Å². The predicted molar refractivity (Wildman–Crippen MR) is 104 cm³/mol. The van der Waals surface area contributed by atoms with Crippen LogP contribution in [-0.2, 0) is 19.7 Å². The third-order valence-electron chi connectivity index (χ3n) is 4.72. The van der Waals surface area contributed by atoms with Crippen molar-refractivity contribution in [3.05, 3.63) is 63.2 Å². The minimum Gasteiger partial charge on any atom is -0.359 e. The third kappa shape index (κ3) is 3.48. The van der Waals surface area contributed by atoms with Crippen LogP contribution in [0.5, 0.6) is 0 Å². The van der Waals surface area contributed by atoms with Gasteiger partial charge in [-0.3, -0.25) is 0 Å². The Morgan fingerprint density at radius 1 is 0.778 bits per heavy atom. The molecule has 27 heavy (non-hydrogen) atoms. The van der Waals surface area contributed by atoms with E-state index in [-0.39, 0.29) is 9.79 Å². The van der Waals surface area contributed by atoms with Crippen molar-refractivity contribution in [2.45, 2.75) is 51.3 Å². The highest BCUT2D eigenvalue weighted by atomic mass is 32.3. The first-order valence-electron chi connectivity index (χ1n) is 8.22. The summed E-state index contributed by atoms with van der Waals surface area (Å²) in [5, 5.41) is 0. The summed E-state index contributed by atoms with van der Waals surface area (Å²) in [5.74, 6) is 0. The predicted octanol–water partition coefficient (Wildman–Crippen LogP) is 3.37. The molecule has 0 atom stereocenters. The minimum atomic E-state index is -4.57. The molecule has 0 saturated carbocycles. The fraction of sp³-hybridized carbons (Fsp3) is 0.316. The van der Waals surface area contributed by atoms with Gasteiger partial charge in [0.15, 0.2) is 0 Å². The number of rotatable bonds is 2. The van der Waals surface area contributed by atoms with Crippen LogP contribution in [0.2, 0.25) is 0 Å². The lowest BCUT2D eigenvalue weighted by Crippen LogP contribution is -2.28. The third-order valence-corrected chi connectivity index (χ3v) is 9.32. The number of hydrogen-bond acceptors (Lipinski definition) is 4. The Balaban J connectivity index is 2.82. The van der Waals surface area contributed by atoms with Gasteiger partial charge in [0.25, 0.3) is 19.7 Å². The number of benzene rings is 2. The average molecular weight is 407 g/mol. The molecule has 0 spiro atoms. The van der Waals surface area contributed by atoms with Crippen LogP contribution in [0.15, 0.2) is 34.1 Å². The standard InChI is InChI=1S/C19H22N2O4S2/c1-11-7-8-17(13(3)9-11)26(22,23)19(21-20)27(24,25)18-14(4)10-12(2)15(5)16(18)6/h7-10H,1-6H3. The van der Waals surface area contributed by atoms with E-state index in [1.165, 1.54) is 6.07 Å². The summed E-state index contributed by atoms with van der Waals surface area (Å²) < 4.78 is 51.2. The van der Waals surface area contributed by atoms with Gasteiger partial charge in [-0.25, -0.2) is 16.8 Å². The summed E-state index contributed by atoms with van der Waals surface area (Å²) in [7, 11) is -9.12. The van der Waals surface area contributed by atoms with Gasteiger partial charge >= 0.3 is 4.38 Å². The minimum absolute atomic E-state index is 0.147. The van der Waals surface area contributed by atoms with Crippen LogP contribution in [0, 0.1) is 41.5 Å². The summed E-state index contributed by atoms with van der Waals surface area (Å²) in [6.45, 7) is 10.2. The highest BCUT2D eigenvalue weighted by Gasteiger charge is 2.46. The second-order valence-corrected chi connectivity index (χ2v) is 10.6. The Morgan fingerprint density at radius 2 is 1.37 bits per heavy atom. The lowest BCUT2D eigenvalue weighted by atomic mass is 10.0. The van der Waals surface area contributed by atoms with Crippen LogP contribution in [0.25, 0.3) is 5.53 Å². The van der Waals surface area contributed by atoms with Crippen LogP contribution in [0.4, 0.5) is 0 Å². The summed E-state index contributed by atoms with van der Waals surface area (Å²) in [6, 6.07) is 6.18. The first kappa shape index (κ1) is 21.0. The number of nitrogens with zero attached hydrogens (tertiary/aromatic N) is 2. The molecular formula is C19H22N2O4S2. The van der Waals surface area contributed by atoms with E-state index >= 15 is 0 Å². The maximum absolute atomic E-state index is 13.2. The molecule has 2 rings (SSSR count). The van der Waals surface area contributed by atoms with E-state index < -0.39 is 24.1 Å². The molecule has 0 aromatic heterocycles. The molecule has 0 bridgehead atoms. The molecule has 8 heteroatoms. The molecule has 0 amide bonds. The van der Waals surface area contributed by atoms with Gasteiger partial charge < -0.3 is 5.53 Å². The molecule has 0 saturated heterocycles. The highest BCUT2D eigenvalue weighted by Crippen LogP contribution is 2.30. The Bertz CT molecular complexity index is 1200. The maximum atomic E-state index is 13.2. The topological polar surface area (TPSA) is 105 Å². The Labute approximate surface area is 160 Å². The molecule has 0 fully saturated rings. The summed E-state index contributed by atoms with van der Waals surface area (Å²) in [4.78, 5) is 2.37. The van der Waals surface area contributed by atoms with Crippen molar-refractivity contribution in [2.75, 3.05) is 0 Å². The molecule has 0 aliphatic carbocycles. The molecule has 144 valence electrons. The maximum Gasteiger partial charge on any atom is 0.504 e. The van der Waals surface area contributed by atoms with Crippen LogP contribution in [-0.4, -0.2) is 26.0 Å². The van der Waals surface area contributed by atoms with Gasteiger partial charge in [0, 0.05) is 0 Å². The van der Waals surface area contributed by atoms with E-state index in [0.29, 0.717) is 16.7 Å². The van der Waals surface area contributed by atoms with E-state index in [1.807, 2.05) is 6.92 Å². The van der Waals surface area contributed by atoms with E-state index in [1.54, 1.807) is 52.8 Å². The zero-order valence-corrected chi connectivity index (χ0v) is 17.8. The molecule has 6 nitrogen and oxygen atoms in total. The van der Waals surface area contributed by atoms with E-state index in [2.05, 4.69) is 4.79 Å². The molecule has 0 radical (unpaired) electrons. The molecule has 0 N–H and O–H groups in total. The highest BCUT2D eigenvalue weighted by molar-refractivity contribution is 8.31. The number of aryl methyl sites for hydroxylation is 4. The number of hydrogen-bond donors (Lipinski definition) is 0. The van der Waals surface area contributed by atoms with Gasteiger partial charge in [-0.1, -0.05) is 23.8 Å². The molecule has 0 aliphatic heterocycles. The second-order valence-electron chi connectivity index (χ2n) is 6.73. The normalized spacial score (nSPS) is 11.9. The molecule has 0 aliphatic rings. The zero-order chi connectivity index (χ0) is 20.7. The van der Waals surface area contributed by atoms with E-state index in [9.17, 15) is 22.4 Å². The Hall–Kier alpha value is -2.28. The SMILES string of the molecule is Cc1ccc(S(=O)(=O)C(=[N+]=[N-])S(=O)(=O)c2c(C)cc(C)c(C)c2C)c(C)c1. The van der Waals surface area contributed by atoms with Crippen molar-refractivity contribution in [3.63, 3.8) is 0 Å². The monoisotopic (exact) mass is 406 g/mol. The lowest BCUT2D eigenvalue weighted by Gasteiger charge is -2.14. The molecule has 0 heterocycles. The van der Waals surface area contributed by atoms with Gasteiger partial charge in [-0.05, 0) is 75.4 Å². The lowest BCUT2D eigenvalue weighted by molar-refractivity contribution is 0.00379. The van der Waals surface area contributed by atoms with Crippen molar-refractivity contribution >= 4 is 24.1 Å². The van der Waals surface area contributed by atoms with Crippen LogP contribution >= 0.6 is 0 Å². The summed E-state index contributed by atoms with van der Waals surface area (Å²) in [5.41, 5.74) is 13.1. The second kappa shape index (κ2) is 7.03. The molecule has 2 aromatic rings. The van der Waals surface area contributed by atoms with Gasteiger partial charge in [0.1, 0.15) is 0 Å². The first-order chi connectivity index (χ1) is 12.4. The average Bonchev–Trinajstić information content (AvgIpc) is 2.51. The van der Waals surface area contributed by atoms with Crippen LogP contribution < -0.4 is 0 Å². The van der Waals surface area contributed by atoms with Crippen molar-refractivity contribution in [1.82, 2.24) is 0 Å². The van der Waals surface area contributed by atoms with Crippen LogP contribution in [0.1, 0.15) is 33.4 Å². The fourth-order valence-corrected chi connectivity index (χ4v) is 7.23. The van der Waals surface area contributed by atoms with Crippen molar-refractivity contribution in [3.8, 4) is 0 Å². The molecule has 2 aromatic carbocycles. The quantitative estimate of drug-likeness (QED) is 0.330. The molecular weight excluding hydrogens is 384 g/mol. The Kier molecular flexibility index (Phi) is 5.48. The van der Waals surface area contributed by atoms with Gasteiger partial charge in [-0.2, -0.15) is 0 Å². The van der Waals surface area contributed by atoms with E-state index in [0.717, 1.165) is 16.7 Å². The van der Waals surface area contributed by atoms with Crippen molar-refractivity contribution in [1.29, 1.82) is 0 Å². The van der Waals surface area contributed by atoms with Gasteiger partial charge in [-0.15, -0.1) is 4.79 Å². The van der Waals surface area contributed by atoms with Crippen molar-refractivity contribution < 1.29 is 21.6 Å².